The Bertz CT molecular complexity index is 628. The Balaban J connectivity index is 2.42. The van der Waals surface area contributed by atoms with Crippen LogP contribution < -0.4 is 10.2 Å². The summed E-state index contributed by atoms with van der Waals surface area (Å²) in [5.74, 6) is 3.71. The van der Waals surface area contributed by atoms with E-state index in [-0.39, 0.29) is 0 Å². The van der Waals surface area contributed by atoms with Crippen LogP contribution in [0, 0.1) is 12.3 Å². The molecule has 1 aromatic carbocycles. The first-order valence-electron chi connectivity index (χ1n) is 7.58. The molecule has 0 radical (unpaired) electrons. The zero-order chi connectivity index (χ0) is 15.1. The molecule has 0 aliphatic rings. The summed E-state index contributed by atoms with van der Waals surface area (Å²) in [4.78, 5) is 6.97. The van der Waals surface area contributed by atoms with Crippen molar-refractivity contribution < 1.29 is 0 Å². The molecule has 3 nitrogen and oxygen atoms in total. The molecular formula is C18H23N3. The third kappa shape index (κ3) is 3.74. The van der Waals surface area contributed by atoms with Gasteiger partial charge in [0, 0.05) is 18.5 Å². The largest absolute Gasteiger partial charge is 0.345 e. The number of fused-ring (bicyclic) bond motifs is 1. The van der Waals surface area contributed by atoms with Gasteiger partial charge in [-0.15, -0.1) is 6.42 Å². The van der Waals surface area contributed by atoms with E-state index >= 15 is 0 Å². The first kappa shape index (κ1) is 15.3. The Morgan fingerprint density at radius 2 is 2.10 bits per heavy atom. The van der Waals surface area contributed by atoms with Crippen LogP contribution in [0.25, 0.3) is 10.8 Å². The van der Waals surface area contributed by atoms with Crippen LogP contribution in [-0.4, -0.2) is 24.6 Å². The average molecular weight is 281 g/mol. The van der Waals surface area contributed by atoms with E-state index in [0.717, 1.165) is 43.0 Å². The molecule has 1 heterocycles. The number of hydrogen-bond acceptors (Lipinski definition) is 3. The Labute approximate surface area is 127 Å². The van der Waals surface area contributed by atoms with Crippen LogP contribution in [0.5, 0.6) is 0 Å². The molecule has 21 heavy (non-hydrogen) atoms. The van der Waals surface area contributed by atoms with Crippen LogP contribution in [0.3, 0.4) is 0 Å². The Morgan fingerprint density at radius 3 is 2.81 bits per heavy atom. The topological polar surface area (TPSA) is 28.2 Å². The van der Waals surface area contributed by atoms with Crippen molar-refractivity contribution in [3.8, 4) is 12.3 Å². The van der Waals surface area contributed by atoms with Crippen molar-refractivity contribution in [2.75, 3.05) is 24.5 Å². The van der Waals surface area contributed by atoms with Crippen molar-refractivity contribution in [3.63, 3.8) is 0 Å². The van der Waals surface area contributed by atoms with E-state index in [0.29, 0.717) is 6.54 Å². The van der Waals surface area contributed by atoms with Gasteiger partial charge in [-0.1, -0.05) is 37.1 Å². The number of hydrogen-bond donors (Lipinski definition) is 1. The van der Waals surface area contributed by atoms with Gasteiger partial charge in [-0.3, -0.25) is 0 Å². The summed E-state index contributed by atoms with van der Waals surface area (Å²) < 4.78 is 0. The van der Waals surface area contributed by atoms with Crippen LogP contribution in [0.15, 0.2) is 30.3 Å². The number of rotatable bonds is 7. The molecule has 0 atom stereocenters. The minimum absolute atomic E-state index is 0.583. The maximum absolute atomic E-state index is 5.49. The summed E-state index contributed by atoms with van der Waals surface area (Å²) in [7, 11) is 0. The fourth-order valence-electron chi connectivity index (χ4n) is 2.41. The van der Waals surface area contributed by atoms with Crippen LogP contribution >= 0.6 is 0 Å². The minimum Gasteiger partial charge on any atom is -0.345 e. The van der Waals surface area contributed by atoms with Gasteiger partial charge in [-0.05, 0) is 31.3 Å². The third-order valence-electron chi connectivity index (χ3n) is 3.47. The van der Waals surface area contributed by atoms with E-state index in [2.05, 4.69) is 54.3 Å². The predicted octanol–water partition coefficient (Wildman–Crippen LogP) is 3.19. The number of nitrogens with zero attached hydrogens (tertiary/aromatic N) is 2. The maximum atomic E-state index is 5.49. The Kier molecular flexibility index (Phi) is 5.59. The van der Waals surface area contributed by atoms with Crippen molar-refractivity contribution in [1.29, 1.82) is 0 Å². The molecule has 2 rings (SSSR count). The van der Waals surface area contributed by atoms with Crippen molar-refractivity contribution in [2.24, 2.45) is 0 Å². The van der Waals surface area contributed by atoms with E-state index in [1.165, 1.54) is 5.39 Å². The lowest BCUT2D eigenvalue weighted by Gasteiger charge is -2.22. The molecule has 0 aliphatic carbocycles. The van der Waals surface area contributed by atoms with Gasteiger partial charge >= 0.3 is 0 Å². The van der Waals surface area contributed by atoms with Crippen molar-refractivity contribution in [3.05, 3.63) is 36.0 Å². The second-order valence-electron chi connectivity index (χ2n) is 5.05. The number of nitrogens with one attached hydrogen (secondary N) is 1. The van der Waals surface area contributed by atoms with Gasteiger partial charge in [0.05, 0.1) is 12.2 Å². The molecule has 110 valence electrons. The summed E-state index contributed by atoms with van der Waals surface area (Å²) >= 11 is 0. The lowest BCUT2D eigenvalue weighted by molar-refractivity contribution is 0.664. The number of anilines is 1. The number of aromatic nitrogens is 1. The summed E-state index contributed by atoms with van der Waals surface area (Å²) in [6.07, 6.45) is 6.61. The standard InChI is InChI=1S/C18H23N3/c1-4-11-19-14-16-13-15-9-7-8-10-17(15)18(20-16)21(6-3)12-5-2/h2,7-10,13,19H,4,6,11-12,14H2,1,3H3. The van der Waals surface area contributed by atoms with Crippen LogP contribution in [0.2, 0.25) is 0 Å². The highest BCUT2D eigenvalue weighted by molar-refractivity contribution is 5.92. The monoisotopic (exact) mass is 281 g/mol. The zero-order valence-corrected chi connectivity index (χ0v) is 12.9. The highest BCUT2D eigenvalue weighted by Crippen LogP contribution is 2.25. The van der Waals surface area contributed by atoms with Gasteiger partial charge in [0.15, 0.2) is 0 Å². The molecule has 0 unspecified atom stereocenters. The minimum atomic E-state index is 0.583. The summed E-state index contributed by atoms with van der Waals surface area (Å²) in [5, 5.41) is 5.79. The van der Waals surface area contributed by atoms with E-state index in [4.69, 9.17) is 11.4 Å². The fraction of sp³-hybridized carbons (Fsp3) is 0.389. The first-order valence-corrected chi connectivity index (χ1v) is 7.58. The molecule has 0 saturated carbocycles. The van der Waals surface area contributed by atoms with E-state index in [1.807, 2.05) is 6.07 Å². The highest BCUT2D eigenvalue weighted by Gasteiger charge is 2.11. The average Bonchev–Trinajstić information content (AvgIpc) is 2.52. The molecule has 2 aromatic rings. The van der Waals surface area contributed by atoms with Crippen molar-refractivity contribution in [1.82, 2.24) is 10.3 Å². The number of pyridine rings is 1. The molecular weight excluding hydrogens is 258 g/mol. The summed E-state index contributed by atoms with van der Waals surface area (Å²) in [6, 6.07) is 10.5. The first-order chi connectivity index (χ1) is 10.3. The molecule has 0 bridgehead atoms. The van der Waals surface area contributed by atoms with Gasteiger partial charge in [-0.25, -0.2) is 4.98 Å². The van der Waals surface area contributed by atoms with Crippen molar-refractivity contribution >= 4 is 16.6 Å². The van der Waals surface area contributed by atoms with E-state index in [9.17, 15) is 0 Å². The van der Waals surface area contributed by atoms with Gasteiger partial charge in [0.2, 0.25) is 0 Å². The van der Waals surface area contributed by atoms with E-state index in [1.54, 1.807) is 0 Å². The number of terminal acetylenes is 1. The Hall–Kier alpha value is -2.05. The molecule has 0 saturated heterocycles. The van der Waals surface area contributed by atoms with Gasteiger partial charge in [-0.2, -0.15) is 0 Å². The van der Waals surface area contributed by atoms with Gasteiger partial charge in [0.25, 0.3) is 0 Å². The summed E-state index contributed by atoms with van der Waals surface area (Å²) in [6.45, 7) is 7.51. The lowest BCUT2D eigenvalue weighted by atomic mass is 10.1. The zero-order valence-electron chi connectivity index (χ0n) is 12.9. The molecule has 0 fully saturated rings. The number of benzene rings is 1. The lowest BCUT2D eigenvalue weighted by Crippen LogP contribution is -2.25. The van der Waals surface area contributed by atoms with Crippen LogP contribution in [0.4, 0.5) is 5.82 Å². The predicted molar refractivity (Wildman–Crippen MR) is 90.5 cm³/mol. The van der Waals surface area contributed by atoms with Gasteiger partial charge in [0.1, 0.15) is 5.82 Å². The normalized spacial score (nSPS) is 10.5. The SMILES string of the molecule is C#CCN(CC)c1nc(CNCCC)cc2ccccc12. The van der Waals surface area contributed by atoms with Crippen molar-refractivity contribution in [2.45, 2.75) is 26.8 Å². The molecule has 1 aromatic heterocycles. The van der Waals surface area contributed by atoms with Crippen LogP contribution in [-0.2, 0) is 6.54 Å². The third-order valence-corrected chi connectivity index (χ3v) is 3.47. The quantitative estimate of drug-likeness (QED) is 0.624. The molecule has 3 heteroatoms. The summed E-state index contributed by atoms with van der Waals surface area (Å²) in [5.41, 5.74) is 1.06. The molecule has 1 N–H and O–H groups in total. The highest BCUT2D eigenvalue weighted by atomic mass is 15.2. The molecule has 0 amide bonds. The van der Waals surface area contributed by atoms with Crippen LogP contribution in [0.1, 0.15) is 26.0 Å². The molecule has 0 aliphatic heterocycles. The Morgan fingerprint density at radius 1 is 1.29 bits per heavy atom. The second-order valence-corrected chi connectivity index (χ2v) is 5.05. The molecule has 0 spiro atoms. The maximum Gasteiger partial charge on any atom is 0.137 e. The second kappa shape index (κ2) is 7.66. The van der Waals surface area contributed by atoms with Gasteiger partial charge < -0.3 is 10.2 Å². The fourth-order valence-corrected chi connectivity index (χ4v) is 2.41. The van der Waals surface area contributed by atoms with E-state index < -0.39 is 0 Å². The smallest absolute Gasteiger partial charge is 0.137 e.